The van der Waals surface area contributed by atoms with Crippen molar-refractivity contribution in [3.8, 4) is 0 Å². The fourth-order valence-corrected chi connectivity index (χ4v) is 3.19. The predicted octanol–water partition coefficient (Wildman–Crippen LogP) is 3.85. The molecule has 146 valence electrons. The Morgan fingerprint density at radius 3 is 2.62 bits per heavy atom. The first-order chi connectivity index (χ1) is 14.2. The fraction of sp³-hybridized carbons (Fsp3) is 0.174. The van der Waals surface area contributed by atoms with Crippen molar-refractivity contribution in [2.45, 2.75) is 19.9 Å². The number of rotatable bonds is 7. The average Bonchev–Trinajstić information content (AvgIpc) is 3.17. The second-order valence-corrected chi connectivity index (χ2v) is 7.01. The summed E-state index contributed by atoms with van der Waals surface area (Å²) in [5, 5.41) is 15.5. The fourth-order valence-electron chi connectivity index (χ4n) is 3.19. The Labute approximate surface area is 169 Å². The van der Waals surface area contributed by atoms with Crippen LogP contribution in [-0.2, 0) is 13.0 Å². The van der Waals surface area contributed by atoms with Crippen LogP contribution >= 0.6 is 0 Å². The molecule has 2 aromatic heterocycles. The van der Waals surface area contributed by atoms with E-state index in [1.807, 2.05) is 24.4 Å². The summed E-state index contributed by atoms with van der Waals surface area (Å²) in [5.74, 6) is 0.420. The monoisotopic (exact) mass is 385 g/mol. The number of carbonyl (C=O) groups excluding carboxylic acids is 1. The highest BCUT2D eigenvalue weighted by atomic mass is 16.1. The van der Waals surface area contributed by atoms with E-state index in [-0.39, 0.29) is 5.91 Å². The summed E-state index contributed by atoms with van der Waals surface area (Å²) in [6.07, 6.45) is 2.74. The van der Waals surface area contributed by atoms with E-state index in [0.29, 0.717) is 24.6 Å². The summed E-state index contributed by atoms with van der Waals surface area (Å²) in [7, 11) is 0. The maximum atomic E-state index is 12.3. The largest absolute Gasteiger partial charge is 0.365 e. The molecule has 0 unspecified atom stereocenters. The molecule has 6 nitrogen and oxygen atoms in total. The van der Waals surface area contributed by atoms with Gasteiger partial charge in [-0.25, -0.2) is 0 Å². The predicted molar refractivity (Wildman–Crippen MR) is 115 cm³/mol. The maximum Gasteiger partial charge on any atom is 0.271 e. The van der Waals surface area contributed by atoms with Crippen molar-refractivity contribution >= 4 is 22.6 Å². The van der Waals surface area contributed by atoms with Gasteiger partial charge in [-0.3, -0.25) is 4.79 Å². The van der Waals surface area contributed by atoms with Gasteiger partial charge in [0.05, 0.1) is 0 Å². The zero-order valence-electron chi connectivity index (χ0n) is 16.3. The smallest absolute Gasteiger partial charge is 0.271 e. The van der Waals surface area contributed by atoms with Gasteiger partial charge in [-0.15, -0.1) is 10.2 Å². The van der Waals surface area contributed by atoms with Crippen LogP contribution in [-0.4, -0.2) is 27.6 Å². The van der Waals surface area contributed by atoms with Gasteiger partial charge >= 0.3 is 0 Å². The minimum Gasteiger partial charge on any atom is -0.365 e. The molecular formula is C23H23N5O. The maximum absolute atomic E-state index is 12.3. The summed E-state index contributed by atoms with van der Waals surface area (Å²) in [6.45, 7) is 3.26. The molecule has 0 aliphatic carbocycles. The first-order valence-electron chi connectivity index (χ1n) is 9.65. The molecule has 4 aromatic rings. The van der Waals surface area contributed by atoms with Crippen LogP contribution in [0.3, 0.4) is 0 Å². The van der Waals surface area contributed by atoms with Gasteiger partial charge in [0, 0.05) is 30.2 Å². The molecule has 2 heterocycles. The van der Waals surface area contributed by atoms with Crippen LogP contribution in [0.4, 0.5) is 5.82 Å². The van der Waals surface area contributed by atoms with E-state index in [9.17, 15) is 4.79 Å². The number of nitrogens with one attached hydrogen (secondary N) is 3. The van der Waals surface area contributed by atoms with E-state index >= 15 is 0 Å². The van der Waals surface area contributed by atoms with Crippen molar-refractivity contribution in [2.75, 3.05) is 11.9 Å². The molecule has 0 fully saturated rings. The molecule has 2 aromatic carbocycles. The number of hydrogen-bond donors (Lipinski definition) is 3. The number of H-pyrrole nitrogens is 1. The van der Waals surface area contributed by atoms with Gasteiger partial charge in [-0.1, -0.05) is 48.0 Å². The number of nitrogens with zero attached hydrogens (tertiary/aromatic N) is 2. The Kier molecular flexibility index (Phi) is 5.52. The molecule has 29 heavy (non-hydrogen) atoms. The number of aromatic nitrogens is 3. The third kappa shape index (κ3) is 4.60. The Hall–Kier alpha value is -3.67. The summed E-state index contributed by atoms with van der Waals surface area (Å²) >= 11 is 0. The zero-order chi connectivity index (χ0) is 20.1. The molecule has 0 atom stereocenters. The topological polar surface area (TPSA) is 82.7 Å². The van der Waals surface area contributed by atoms with Crippen molar-refractivity contribution in [1.82, 2.24) is 20.5 Å². The van der Waals surface area contributed by atoms with Crippen LogP contribution in [0.1, 0.15) is 27.2 Å². The summed E-state index contributed by atoms with van der Waals surface area (Å²) in [4.78, 5) is 15.6. The molecular weight excluding hydrogens is 362 g/mol. The number of aryl methyl sites for hydroxylation is 1. The van der Waals surface area contributed by atoms with E-state index in [1.54, 1.807) is 12.1 Å². The SMILES string of the molecule is Cc1ccc(CNc2ccc(C(=O)NCCc3c[nH]c4ccccc34)nn2)cc1. The molecule has 4 rings (SSSR count). The third-order valence-electron chi connectivity index (χ3n) is 4.85. The second-order valence-electron chi connectivity index (χ2n) is 7.01. The molecule has 0 bridgehead atoms. The molecule has 0 aliphatic rings. The van der Waals surface area contributed by atoms with Crippen molar-refractivity contribution in [1.29, 1.82) is 0 Å². The molecule has 0 spiro atoms. The third-order valence-corrected chi connectivity index (χ3v) is 4.85. The van der Waals surface area contributed by atoms with Gasteiger partial charge in [0.1, 0.15) is 5.82 Å². The summed E-state index contributed by atoms with van der Waals surface area (Å²) < 4.78 is 0. The minimum atomic E-state index is -0.220. The van der Waals surface area contributed by atoms with E-state index in [4.69, 9.17) is 0 Å². The molecule has 0 aliphatic heterocycles. The number of hydrogen-bond acceptors (Lipinski definition) is 4. The van der Waals surface area contributed by atoms with E-state index < -0.39 is 0 Å². The van der Waals surface area contributed by atoms with Gasteiger partial charge in [0.25, 0.3) is 5.91 Å². The van der Waals surface area contributed by atoms with E-state index in [1.165, 1.54) is 16.5 Å². The number of carbonyl (C=O) groups is 1. The van der Waals surface area contributed by atoms with E-state index in [2.05, 4.69) is 63.1 Å². The number of amides is 1. The molecule has 0 saturated carbocycles. The minimum absolute atomic E-state index is 0.220. The van der Waals surface area contributed by atoms with Crippen LogP contribution in [0.5, 0.6) is 0 Å². The lowest BCUT2D eigenvalue weighted by molar-refractivity contribution is 0.0948. The first kappa shape index (κ1) is 18.7. The number of aromatic amines is 1. The average molecular weight is 385 g/mol. The Morgan fingerprint density at radius 1 is 1.00 bits per heavy atom. The van der Waals surface area contributed by atoms with E-state index in [0.717, 1.165) is 17.5 Å². The number of anilines is 1. The van der Waals surface area contributed by atoms with Crippen LogP contribution < -0.4 is 10.6 Å². The van der Waals surface area contributed by atoms with Gasteiger partial charge in [-0.2, -0.15) is 0 Å². The van der Waals surface area contributed by atoms with Crippen LogP contribution in [0.2, 0.25) is 0 Å². The van der Waals surface area contributed by atoms with Gasteiger partial charge < -0.3 is 15.6 Å². The lowest BCUT2D eigenvalue weighted by atomic mass is 10.1. The zero-order valence-corrected chi connectivity index (χ0v) is 16.3. The molecule has 1 amide bonds. The van der Waals surface area contributed by atoms with Crippen molar-refractivity contribution in [3.63, 3.8) is 0 Å². The van der Waals surface area contributed by atoms with Crippen LogP contribution in [0, 0.1) is 6.92 Å². The highest BCUT2D eigenvalue weighted by Gasteiger charge is 2.09. The van der Waals surface area contributed by atoms with Gasteiger partial charge in [0.2, 0.25) is 0 Å². The van der Waals surface area contributed by atoms with Crippen molar-refractivity contribution in [2.24, 2.45) is 0 Å². The lowest BCUT2D eigenvalue weighted by Gasteiger charge is -2.07. The van der Waals surface area contributed by atoms with Gasteiger partial charge in [-0.05, 0) is 42.7 Å². The van der Waals surface area contributed by atoms with Crippen molar-refractivity contribution in [3.05, 3.63) is 89.2 Å². The Balaban J connectivity index is 1.28. The lowest BCUT2D eigenvalue weighted by Crippen LogP contribution is -2.26. The number of para-hydroxylation sites is 1. The Bertz CT molecular complexity index is 1100. The van der Waals surface area contributed by atoms with Crippen LogP contribution in [0.25, 0.3) is 10.9 Å². The highest BCUT2D eigenvalue weighted by Crippen LogP contribution is 2.17. The first-order valence-corrected chi connectivity index (χ1v) is 9.65. The normalized spacial score (nSPS) is 10.8. The van der Waals surface area contributed by atoms with Crippen LogP contribution in [0.15, 0.2) is 66.9 Å². The molecule has 0 radical (unpaired) electrons. The molecule has 3 N–H and O–H groups in total. The molecule has 0 saturated heterocycles. The quantitative estimate of drug-likeness (QED) is 0.451. The second kappa shape index (κ2) is 8.56. The standard InChI is InChI=1S/C23H23N5O/c1-16-6-8-17(9-7-16)14-26-22-11-10-21(27-28-22)23(29)24-13-12-18-15-25-20-5-3-2-4-19(18)20/h2-11,15,25H,12-14H2,1H3,(H,24,29)(H,26,28). The van der Waals surface area contributed by atoms with Gasteiger partial charge in [0.15, 0.2) is 5.69 Å². The number of benzene rings is 2. The molecule has 6 heteroatoms. The van der Waals surface area contributed by atoms with Crippen molar-refractivity contribution < 1.29 is 4.79 Å². The summed E-state index contributed by atoms with van der Waals surface area (Å²) in [5.41, 5.74) is 4.99. The number of fused-ring (bicyclic) bond motifs is 1. The summed E-state index contributed by atoms with van der Waals surface area (Å²) in [6, 6.07) is 19.9. The Morgan fingerprint density at radius 2 is 1.83 bits per heavy atom. The highest BCUT2D eigenvalue weighted by molar-refractivity contribution is 5.92.